The van der Waals surface area contributed by atoms with Gasteiger partial charge in [0.2, 0.25) is 5.91 Å². The molecular weight excluding hydrogens is 293 g/mol. The molecule has 2 N–H and O–H groups in total. The van der Waals surface area contributed by atoms with Crippen molar-refractivity contribution >= 4 is 42.5 Å². The Morgan fingerprint density at radius 1 is 1.33 bits per heavy atom. The van der Waals surface area contributed by atoms with Gasteiger partial charge in [0, 0.05) is 25.0 Å². The number of rotatable bonds is 7. The third-order valence-electron chi connectivity index (χ3n) is 1.91. The minimum absolute atomic E-state index is 0. The molecule has 0 aliphatic rings. The molecule has 1 aromatic heterocycles. The molecule has 4 nitrogen and oxygen atoms in total. The number of thioether (sulfide) groups is 1. The van der Waals surface area contributed by atoms with E-state index in [1.165, 1.54) is 0 Å². The van der Waals surface area contributed by atoms with Gasteiger partial charge in [-0.1, -0.05) is 6.07 Å². The number of hydrogen-bond acceptors (Lipinski definition) is 4. The zero-order chi connectivity index (χ0) is 11.6. The molecule has 0 saturated carbocycles. The fourth-order valence-corrected chi connectivity index (χ4v) is 1.88. The van der Waals surface area contributed by atoms with Gasteiger partial charge in [0.25, 0.3) is 0 Å². The molecule has 0 aliphatic carbocycles. The quantitative estimate of drug-likeness (QED) is 0.749. The van der Waals surface area contributed by atoms with E-state index in [2.05, 4.69) is 15.6 Å². The Hall–Kier alpha value is -0.490. The Balaban J connectivity index is 0. The van der Waals surface area contributed by atoms with Crippen LogP contribution in [0.2, 0.25) is 0 Å². The van der Waals surface area contributed by atoms with Crippen LogP contribution in [0.3, 0.4) is 0 Å². The summed E-state index contributed by atoms with van der Waals surface area (Å²) < 4.78 is 0. The molecule has 104 valence electrons. The van der Waals surface area contributed by atoms with E-state index in [9.17, 15) is 4.79 Å². The molecular formula is C11H19Cl2N3OS. The van der Waals surface area contributed by atoms with Crippen LogP contribution in [0.4, 0.5) is 0 Å². The second-order valence-electron chi connectivity index (χ2n) is 3.27. The zero-order valence-electron chi connectivity index (χ0n) is 10.2. The van der Waals surface area contributed by atoms with Gasteiger partial charge in [0.1, 0.15) is 0 Å². The van der Waals surface area contributed by atoms with Gasteiger partial charge in [-0.2, -0.15) is 0 Å². The van der Waals surface area contributed by atoms with Crippen LogP contribution >= 0.6 is 36.6 Å². The largest absolute Gasteiger partial charge is 0.354 e. The first-order valence-electron chi connectivity index (χ1n) is 5.22. The van der Waals surface area contributed by atoms with Gasteiger partial charge < -0.3 is 10.6 Å². The molecule has 0 saturated heterocycles. The number of pyridine rings is 1. The molecule has 7 heteroatoms. The van der Waals surface area contributed by atoms with Gasteiger partial charge in [-0.25, -0.2) is 0 Å². The van der Waals surface area contributed by atoms with Crippen LogP contribution in [0, 0.1) is 0 Å². The normalized spacial score (nSPS) is 8.94. The van der Waals surface area contributed by atoms with E-state index in [1.807, 2.05) is 25.2 Å². The van der Waals surface area contributed by atoms with E-state index in [0.29, 0.717) is 12.3 Å². The SMILES string of the molecule is CNCCNC(=O)CSCc1ccccn1.Cl.Cl. The molecule has 0 spiro atoms. The summed E-state index contributed by atoms with van der Waals surface area (Å²) in [6.07, 6.45) is 1.77. The monoisotopic (exact) mass is 311 g/mol. The summed E-state index contributed by atoms with van der Waals surface area (Å²) in [4.78, 5) is 15.5. The van der Waals surface area contributed by atoms with Gasteiger partial charge in [-0.15, -0.1) is 36.6 Å². The van der Waals surface area contributed by atoms with Gasteiger partial charge in [0.05, 0.1) is 11.4 Å². The van der Waals surface area contributed by atoms with E-state index in [0.717, 1.165) is 18.0 Å². The lowest BCUT2D eigenvalue weighted by Crippen LogP contribution is -2.31. The van der Waals surface area contributed by atoms with Crippen LogP contribution in [0.1, 0.15) is 5.69 Å². The van der Waals surface area contributed by atoms with Gasteiger partial charge in [0.15, 0.2) is 0 Å². The van der Waals surface area contributed by atoms with Crippen LogP contribution in [0.5, 0.6) is 0 Å². The summed E-state index contributed by atoms with van der Waals surface area (Å²) in [5.74, 6) is 1.34. The van der Waals surface area contributed by atoms with Crippen molar-refractivity contribution in [2.45, 2.75) is 5.75 Å². The Labute approximate surface area is 125 Å². The first-order chi connectivity index (χ1) is 7.83. The maximum absolute atomic E-state index is 11.3. The highest BCUT2D eigenvalue weighted by atomic mass is 35.5. The number of carbonyl (C=O) groups excluding carboxylic acids is 1. The predicted molar refractivity (Wildman–Crippen MR) is 81.8 cm³/mol. The standard InChI is InChI=1S/C11H17N3OS.2ClH/c1-12-6-7-14-11(15)9-16-8-10-4-2-3-5-13-10;;/h2-5,12H,6-9H2,1H3,(H,14,15);2*1H. The smallest absolute Gasteiger partial charge is 0.230 e. The fourth-order valence-electron chi connectivity index (χ4n) is 1.11. The van der Waals surface area contributed by atoms with E-state index in [-0.39, 0.29) is 30.7 Å². The van der Waals surface area contributed by atoms with Crippen molar-refractivity contribution in [3.8, 4) is 0 Å². The number of aromatic nitrogens is 1. The van der Waals surface area contributed by atoms with Gasteiger partial charge >= 0.3 is 0 Å². The summed E-state index contributed by atoms with van der Waals surface area (Å²) in [7, 11) is 1.86. The minimum atomic E-state index is 0. The average molecular weight is 312 g/mol. The molecule has 0 radical (unpaired) electrons. The van der Waals surface area contributed by atoms with Crippen molar-refractivity contribution in [3.05, 3.63) is 30.1 Å². The molecule has 0 atom stereocenters. The summed E-state index contributed by atoms with van der Waals surface area (Å²) in [5, 5.41) is 5.80. The summed E-state index contributed by atoms with van der Waals surface area (Å²) >= 11 is 1.58. The Morgan fingerprint density at radius 2 is 2.11 bits per heavy atom. The van der Waals surface area contributed by atoms with Crippen LogP contribution in [-0.4, -0.2) is 36.8 Å². The maximum atomic E-state index is 11.3. The Morgan fingerprint density at radius 3 is 2.72 bits per heavy atom. The highest BCUT2D eigenvalue weighted by Gasteiger charge is 2.01. The zero-order valence-corrected chi connectivity index (χ0v) is 12.7. The molecule has 1 heterocycles. The van der Waals surface area contributed by atoms with Crippen LogP contribution in [0.15, 0.2) is 24.4 Å². The predicted octanol–water partition coefficient (Wildman–Crippen LogP) is 1.49. The van der Waals surface area contributed by atoms with Crippen LogP contribution in [0.25, 0.3) is 0 Å². The highest BCUT2D eigenvalue weighted by Crippen LogP contribution is 2.08. The third kappa shape index (κ3) is 9.53. The lowest BCUT2D eigenvalue weighted by atomic mass is 10.4. The van der Waals surface area contributed by atoms with Crippen molar-refractivity contribution in [2.75, 3.05) is 25.9 Å². The summed E-state index contributed by atoms with van der Waals surface area (Å²) in [6.45, 7) is 1.48. The van der Waals surface area contributed by atoms with Crippen LogP contribution in [-0.2, 0) is 10.5 Å². The third-order valence-corrected chi connectivity index (χ3v) is 2.87. The average Bonchev–Trinajstić information content (AvgIpc) is 2.31. The molecule has 1 aromatic rings. The molecule has 1 rings (SSSR count). The number of nitrogens with one attached hydrogen (secondary N) is 2. The fraction of sp³-hybridized carbons (Fsp3) is 0.455. The number of hydrogen-bond donors (Lipinski definition) is 2. The molecule has 0 bridgehead atoms. The summed E-state index contributed by atoms with van der Waals surface area (Å²) in [5.41, 5.74) is 1.01. The highest BCUT2D eigenvalue weighted by molar-refractivity contribution is 7.99. The molecule has 18 heavy (non-hydrogen) atoms. The van der Waals surface area contributed by atoms with Crippen LogP contribution < -0.4 is 10.6 Å². The molecule has 0 unspecified atom stereocenters. The van der Waals surface area contributed by atoms with Crippen molar-refractivity contribution in [1.29, 1.82) is 0 Å². The van der Waals surface area contributed by atoms with E-state index in [1.54, 1.807) is 18.0 Å². The number of amides is 1. The first-order valence-corrected chi connectivity index (χ1v) is 6.37. The second-order valence-corrected chi connectivity index (χ2v) is 4.25. The van der Waals surface area contributed by atoms with Crippen molar-refractivity contribution in [3.63, 3.8) is 0 Å². The second kappa shape index (κ2) is 13.0. The van der Waals surface area contributed by atoms with E-state index >= 15 is 0 Å². The van der Waals surface area contributed by atoms with Crippen molar-refractivity contribution in [1.82, 2.24) is 15.6 Å². The molecule has 0 aliphatic heterocycles. The summed E-state index contributed by atoms with van der Waals surface area (Å²) in [6, 6.07) is 5.81. The number of carbonyl (C=O) groups is 1. The van der Waals surface area contributed by atoms with Gasteiger partial charge in [-0.3, -0.25) is 9.78 Å². The minimum Gasteiger partial charge on any atom is -0.354 e. The molecule has 1 amide bonds. The van der Waals surface area contributed by atoms with E-state index in [4.69, 9.17) is 0 Å². The number of likely N-dealkylation sites (N-methyl/N-ethyl adjacent to an activating group) is 1. The van der Waals surface area contributed by atoms with Crippen molar-refractivity contribution in [2.24, 2.45) is 0 Å². The number of nitrogens with zero attached hydrogens (tertiary/aromatic N) is 1. The maximum Gasteiger partial charge on any atom is 0.230 e. The Kier molecular flexibility index (Phi) is 14.3. The number of halogens is 2. The topological polar surface area (TPSA) is 54.0 Å². The van der Waals surface area contributed by atoms with Gasteiger partial charge in [-0.05, 0) is 19.2 Å². The van der Waals surface area contributed by atoms with Crippen molar-refractivity contribution < 1.29 is 4.79 Å². The lowest BCUT2D eigenvalue weighted by molar-refractivity contribution is -0.118. The van der Waals surface area contributed by atoms with E-state index < -0.39 is 0 Å². The lowest BCUT2D eigenvalue weighted by Gasteiger charge is -2.04. The molecule has 0 fully saturated rings. The molecule has 0 aromatic carbocycles. The first kappa shape index (κ1) is 19.8. The Bertz CT molecular complexity index is 314.